The van der Waals surface area contributed by atoms with Crippen LogP contribution in [0.4, 0.5) is 5.69 Å². The van der Waals surface area contributed by atoms with Crippen LogP contribution in [0.1, 0.15) is 31.7 Å². The smallest absolute Gasteiger partial charge is 0.227 e. The highest BCUT2D eigenvalue weighted by atomic mass is 79.9. The minimum absolute atomic E-state index is 0.0147. The lowest BCUT2D eigenvalue weighted by Crippen LogP contribution is -2.41. The Morgan fingerprint density at radius 2 is 2.00 bits per heavy atom. The highest BCUT2D eigenvalue weighted by Crippen LogP contribution is 2.25. The van der Waals surface area contributed by atoms with E-state index in [1.54, 1.807) is 0 Å². The molecule has 1 aliphatic heterocycles. The molecule has 114 valence electrons. The highest BCUT2D eigenvalue weighted by Gasteiger charge is 2.26. The first-order chi connectivity index (χ1) is 10.0. The summed E-state index contributed by atoms with van der Waals surface area (Å²) >= 11 is 3.47. The number of amides is 2. The predicted octanol–water partition coefficient (Wildman–Crippen LogP) is 3.34. The van der Waals surface area contributed by atoms with Gasteiger partial charge in [-0.2, -0.15) is 0 Å². The van der Waals surface area contributed by atoms with Crippen LogP contribution < -0.4 is 5.32 Å². The van der Waals surface area contributed by atoms with Gasteiger partial charge in [0.1, 0.15) is 0 Å². The Kier molecular flexibility index (Phi) is 5.39. The second-order valence-corrected chi connectivity index (χ2v) is 6.34. The number of likely N-dealkylation sites (tertiary alicyclic amines) is 1. The molecule has 0 unspecified atom stereocenters. The topological polar surface area (TPSA) is 49.4 Å². The van der Waals surface area contributed by atoms with Gasteiger partial charge in [-0.25, -0.2) is 0 Å². The van der Waals surface area contributed by atoms with Crippen LogP contribution in [0, 0.1) is 12.8 Å². The van der Waals surface area contributed by atoms with Crippen molar-refractivity contribution in [2.45, 2.75) is 33.1 Å². The number of rotatable bonds is 3. The minimum Gasteiger partial charge on any atom is -0.343 e. The molecule has 1 fully saturated rings. The molecule has 2 rings (SSSR count). The van der Waals surface area contributed by atoms with E-state index in [0.717, 1.165) is 28.6 Å². The van der Waals surface area contributed by atoms with E-state index in [0.29, 0.717) is 19.5 Å². The first kappa shape index (κ1) is 16.0. The number of piperidine rings is 1. The maximum Gasteiger partial charge on any atom is 0.227 e. The zero-order chi connectivity index (χ0) is 15.4. The Morgan fingerprint density at radius 3 is 2.57 bits per heavy atom. The minimum atomic E-state index is -0.0147. The molecule has 0 radical (unpaired) electrons. The third-order valence-electron chi connectivity index (χ3n) is 3.90. The number of hydrogen-bond donors (Lipinski definition) is 1. The SMILES string of the molecule is CCC(=O)N1CCC(C(=O)Nc2ccc(C)cc2Br)CC1. The second-order valence-electron chi connectivity index (χ2n) is 5.48. The van der Waals surface area contributed by atoms with Gasteiger partial charge in [0.05, 0.1) is 5.69 Å². The van der Waals surface area contributed by atoms with E-state index >= 15 is 0 Å². The fourth-order valence-corrected chi connectivity index (χ4v) is 3.16. The molecule has 1 saturated heterocycles. The van der Waals surface area contributed by atoms with Crippen molar-refractivity contribution in [1.82, 2.24) is 4.90 Å². The third-order valence-corrected chi connectivity index (χ3v) is 4.56. The summed E-state index contributed by atoms with van der Waals surface area (Å²) in [5.41, 5.74) is 1.95. The van der Waals surface area contributed by atoms with Crippen LogP contribution in [-0.2, 0) is 9.59 Å². The molecule has 0 saturated carbocycles. The Bertz CT molecular complexity index is 537. The number of nitrogens with one attached hydrogen (secondary N) is 1. The molecule has 4 nitrogen and oxygen atoms in total. The van der Waals surface area contributed by atoms with E-state index in [-0.39, 0.29) is 17.7 Å². The van der Waals surface area contributed by atoms with Crippen molar-refractivity contribution in [3.8, 4) is 0 Å². The van der Waals surface area contributed by atoms with Crippen LogP contribution in [0.3, 0.4) is 0 Å². The molecule has 21 heavy (non-hydrogen) atoms. The second kappa shape index (κ2) is 7.07. The summed E-state index contributed by atoms with van der Waals surface area (Å²) in [6.45, 7) is 5.24. The normalized spacial score (nSPS) is 15.9. The van der Waals surface area contributed by atoms with Crippen molar-refractivity contribution in [3.63, 3.8) is 0 Å². The van der Waals surface area contributed by atoms with Crippen molar-refractivity contribution in [2.24, 2.45) is 5.92 Å². The Hall–Kier alpha value is -1.36. The van der Waals surface area contributed by atoms with Crippen LogP contribution in [0.2, 0.25) is 0 Å². The molecule has 2 amide bonds. The molecule has 1 aromatic carbocycles. The molecular formula is C16H21BrN2O2. The summed E-state index contributed by atoms with van der Waals surface area (Å²) in [7, 11) is 0. The fraction of sp³-hybridized carbons (Fsp3) is 0.500. The van der Waals surface area contributed by atoms with Gasteiger partial charge in [-0.1, -0.05) is 13.0 Å². The molecule has 1 aliphatic rings. The quantitative estimate of drug-likeness (QED) is 0.906. The standard InChI is InChI=1S/C16H21BrN2O2/c1-3-15(20)19-8-6-12(7-9-19)16(21)18-14-5-4-11(2)10-13(14)17/h4-5,10,12H,3,6-9H2,1-2H3,(H,18,21). The molecule has 0 spiro atoms. The predicted molar refractivity (Wildman–Crippen MR) is 87.1 cm³/mol. The summed E-state index contributed by atoms with van der Waals surface area (Å²) < 4.78 is 0.898. The number of anilines is 1. The van der Waals surface area contributed by atoms with Gasteiger partial charge in [0, 0.05) is 29.9 Å². The van der Waals surface area contributed by atoms with Crippen molar-refractivity contribution >= 4 is 33.4 Å². The number of benzene rings is 1. The summed E-state index contributed by atoms with van der Waals surface area (Å²) in [6, 6.07) is 5.87. The lowest BCUT2D eigenvalue weighted by Gasteiger charge is -2.31. The average molecular weight is 353 g/mol. The first-order valence-electron chi connectivity index (χ1n) is 7.36. The number of carbonyl (C=O) groups excluding carboxylic acids is 2. The maximum atomic E-state index is 12.3. The van der Waals surface area contributed by atoms with Crippen molar-refractivity contribution < 1.29 is 9.59 Å². The number of aryl methyl sites for hydroxylation is 1. The van der Waals surface area contributed by atoms with Gasteiger partial charge in [0.2, 0.25) is 11.8 Å². The van der Waals surface area contributed by atoms with Crippen molar-refractivity contribution in [3.05, 3.63) is 28.2 Å². The molecule has 1 aromatic rings. The highest BCUT2D eigenvalue weighted by molar-refractivity contribution is 9.10. The number of carbonyl (C=O) groups is 2. The lowest BCUT2D eigenvalue weighted by atomic mass is 9.95. The molecule has 0 bridgehead atoms. The molecule has 0 aromatic heterocycles. The maximum absolute atomic E-state index is 12.3. The largest absolute Gasteiger partial charge is 0.343 e. The van der Waals surface area contributed by atoms with E-state index in [2.05, 4.69) is 21.2 Å². The molecule has 0 atom stereocenters. The van der Waals surface area contributed by atoms with Crippen LogP contribution in [-0.4, -0.2) is 29.8 Å². The first-order valence-corrected chi connectivity index (χ1v) is 8.15. The summed E-state index contributed by atoms with van der Waals surface area (Å²) in [6.07, 6.45) is 2.01. The molecule has 1 N–H and O–H groups in total. The van der Waals surface area contributed by atoms with Crippen molar-refractivity contribution in [1.29, 1.82) is 0 Å². The molecular weight excluding hydrogens is 332 g/mol. The van der Waals surface area contributed by atoms with E-state index in [4.69, 9.17) is 0 Å². The van der Waals surface area contributed by atoms with Crippen LogP contribution >= 0.6 is 15.9 Å². The van der Waals surface area contributed by atoms with Gasteiger partial charge < -0.3 is 10.2 Å². The number of nitrogens with zero attached hydrogens (tertiary/aromatic N) is 1. The van der Waals surface area contributed by atoms with Crippen LogP contribution in [0.5, 0.6) is 0 Å². The monoisotopic (exact) mass is 352 g/mol. The van der Waals surface area contributed by atoms with Gasteiger partial charge >= 0.3 is 0 Å². The van der Waals surface area contributed by atoms with E-state index in [9.17, 15) is 9.59 Å². The van der Waals surface area contributed by atoms with Gasteiger partial charge in [0.15, 0.2) is 0 Å². The summed E-state index contributed by atoms with van der Waals surface area (Å²) in [4.78, 5) is 25.8. The van der Waals surface area contributed by atoms with Gasteiger partial charge in [0.25, 0.3) is 0 Å². The number of halogens is 1. The Labute approximate surface area is 134 Å². The van der Waals surface area contributed by atoms with Gasteiger partial charge in [-0.05, 0) is 53.4 Å². The van der Waals surface area contributed by atoms with E-state index in [1.807, 2.05) is 36.9 Å². The van der Waals surface area contributed by atoms with E-state index < -0.39 is 0 Å². The van der Waals surface area contributed by atoms with Gasteiger partial charge in [-0.3, -0.25) is 9.59 Å². The van der Waals surface area contributed by atoms with Crippen molar-refractivity contribution in [2.75, 3.05) is 18.4 Å². The fourth-order valence-electron chi connectivity index (χ4n) is 2.57. The van der Waals surface area contributed by atoms with Crippen LogP contribution in [0.15, 0.2) is 22.7 Å². The summed E-state index contributed by atoms with van der Waals surface area (Å²) in [5, 5.41) is 2.98. The zero-order valence-electron chi connectivity index (χ0n) is 12.5. The van der Waals surface area contributed by atoms with Crippen LogP contribution in [0.25, 0.3) is 0 Å². The van der Waals surface area contributed by atoms with E-state index in [1.165, 1.54) is 0 Å². The molecule has 0 aliphatic carbocycles. The third kappa shape index (κ3) is 4.06. The summed E-state index contributed by atoms with van der Waals surface area (Å²) in [5.74, 6) is 0.206. The molecule has 1 heterocycles. The number of hydrogen-bond acceptors (Lipinski definition) is 2. The molecule has 5 heteroatoms. The zero-order valence-corrected chi connectivity index (χ0v) is 14.1. The lowest BCUT2D eigenvalue weighted by molar-refractivity contribution is -0.134. The Balaban J connectivity index is 1.92. The average Bonchev–Trinajstić information content (AvgIpc) is 2.49. The van der Waals surface area contributed by atoms with Gasteiger partial charge in [-0.15, -0.1) is 0 Å². The Morgan fingerprint density at radius 1 is 1.33 bits per heavy atom.